The van der Waals surface area contributed by atoms with E-state index in [-0.39, 0.29) is 33.2 Å². The molecule has 30 heavy (non-hydrogen) atoms. The highest BCUT2D eigenvalue weighted by atomic mass is 35.5. The van der Waals surface area contributed by atoms with Gasteiger partial charge in [0.05, 0.1) is 5.02 Å². The Morgan fingerprint density at radius 1 is 1.07 bits per heavy atom. The number of carbonyl (C=O) groups is 2. The molecule has 1 saturated heterocycles. The molecule has 1 aliphatic rings. The molecule has 0 atom stereocenters. The van der Waals surface area contributed by atoms with Crippen molar-refractivity contribution in [1.82, 2.24) is 4.90 Å². The number of nitrogens with one attached hydrogen (secondary N) is 1. The van der Waals surface area contributed by atoms with Crippen LogP contribution in [-0.4, -0.2) is 38.2 Å². The summed E-state index contributed by atoms with van der Waals surface area (Å²) in [5.74, 6) is -0.908. The molecule has 0 aromatic heterocycles. The minimum atomic E-state index is -3.99. The highest BCUT2D eigenvalue weighted by molar-refractivity contribution is 7.92. The summed E-state index contributed by atoms with van der Waals surface area (Å²) >= 11 is 6.15. The maximum atomic E-state index is 12.9. The zero-order valence-electron chi connectivity index (χ0n) is 16.8. The third-order valence-electron chi connectivity index (χ3n) is 5.41. The number of hydrogen-bond donors (Lipinski definition) is 2. The maximum Gasteiger partial charge on any atom is 0.263 e. The zero-order valence-corrected chi connectivity index (χ0v) is 18.4. The average Bonchev–Trinajstić information content (AvgIpc) is 2.70. The number of sulfonamides is 1. The second kappa shape index (κ2) is 8.65. The molecule has 2 aromatic carbocycles. The number of amides is 2. The molecule has 1 aliphatic heterocycles. The summed E-state index contributed by atoms with van der Waals surface area (Å²) in [4.78, 5) is 25.6. The minimum absolute atomic E-state index is 0.0234. The van der Waals surface area contributed by atoms with Gasteiger partial charge in [0, 0.05) is 30.3 Å². The number of aryl methyl sites for hydroxylation is 2. The lowest BCUT2D eigenvalue weighted by atomic mass is 9.96. The third-order valence-corrected chi connectivity index (χ3v) is 7.27. The van der Waals surface area contributed by atoms with Crippen molar-refractivity contribution in [3.8, 4) is 0 Å². The van der Waals surface area contributed by atoms with Gasteiger partial charge < -0.3 is 10.6 Å². The van der Waals surface area contributed by atoms with Crippen LogP contribution in [0.5, 0.6) is 0 Å². The fourth-order valence-corrected chi connectivity index (χ4v) is 4.98. The average molecular weight is 450 g/mol. The number of piperidine rings is 1. The van der Waals surface area contributed by atoms with Crippen molar-refractivity contribution in [1.29, 1.82) is 0 Å². The Balaban J connectivity index is 1.83. The molecule has 1 heterocycles. The largest absolute Gasteiger partial charge is 0.369 e. The van der Waals surface area contributed by atoms with E-state index in [0.717, 1.165) is 11.1 Å². The lowest BCUT2D eigenvalue weighted by Gasteiger charge is -2.30. The Hall–Kier alpha value is -2.58. The lowest BCUT2D eigenvalue weighted by molar-refractivity contribution is -0.123. The number of halogens is 1. The Kier molecular flexibility index (Phi) is 6.38. The van der Waals surface area contributed by atoms with E-state index in [1.54, 1.807) is 17.0 Å². The van der Waals surface area contributed by atoms with Gasteiger partial charge >= 0.3 is 0 Å². The first-order valence-electron chi connectivity index (χ1n) is 9.56. The summed E-state index contributed by atoms with van der Waals surface area (Å²) in [7, 11) is -3.99. The van der Waals surface area contributed by atoms with Gasteiger partial charge in [0.25, 0.3) is 15.9 Å². The fourth-order valence-electron chi connectivity index (χ4n) is 3.41. The summed E-state index contributed by atoms with van der Waals surface area (Å²) in [6.45, 7) is 4.60. The molecule has 1 fully saturated rings. The van der Waals surface area contributed by atoms with E-state index in [0.29, 0.717) is 31.6 Å². The number of nitrogens with zero attached hydrogens (tertiary/aromatic N) is 1. The van der Waals surface area contributed by atoms with Crippen LogP contribution in [0.15, 0.2) is 41.3 Å². The molecular weight excluding hydrogens is 426 g/mol. The number of likely N-dealkylation sites (tertiary alicyclic amines) is 1. The van der Waals surface area contributed by atoms with Crippen molar-refractivity contribution >= 4 is 39.1 Å². The standard InChI is InChI=1S/C21H24ClN3O4S/c1-13-3-5-17(11-14(13)2)24-30(28,29)19-12-16(4-6-18(19)22)21(27)25-9-7-15(8-10-25)20(23)26/h3-6,11-12,15,24H,7-10H2,1-2H3,(H2,23,26). The Labute approximate surface area is 181 Å². The quantitative estimate of drug-likeness (QED) is 0.730. The summed E-state index contributed by atoms with van der Waals surface area (Å²) < 4.78 is 28.4. The van der Waals surface area contributed by atoms with Gasteiger partial charge in [-0.05, 0) is 68.1 Å². The van der Waals surface area contributed by atoms with Gasteiger partial charge in [-0.1, -0.05) is 17.7 Å². The number of benzene rings is 2. The van der Waals surface area contributed by atoms with Crippen molar-refractivity contribution < 1.29 is 18.0 Å². The van der Waals surface area contributed by atoms with Crippen LogP contribution < -0.4 is 10.5 Å². The van der Waals surface area contributed by atoms with Gasteiger partial charge in [-0.3, -0.25) is 14.3 Å². The lowest BCUT2D eigenvalue weighted by Crippen LogP contribution is -2.41. The van der Waals surface area contributed by atoms with Crippen LogP contribution in [0.2, 0.25) is 5.02 Å². The Morgan fingerprint density at radius 2 is 1.73 bits per heavy atom. The van der Waals surface area contributed by atoms with Gasteiger partial charge in [0.1, 0.15) is 4.90 Å². The molecule has 9 heteroatoms. The first-order valence-corrected chi connectivity index (χ1v) is 11.4. The predicted octanol–water partition coefficient (Wildman–Crippen LogP) is 3.10. The van der Waals surface area contributed by atoms with Crippen LogP contribution in [0.1, 0.15) is 34.3 Å². The molecule has 3 rings (SSSR count). The van der Waals surface area contributed by atoms with Crippen LogP contribution in [-0.2, 0) is 14.8 Å². The first kappa shape index (κ1) is 22.1. The van der Waals surface area contributed by atoms with Crippen molar-refractivity contribution in [2.24, 2.45) is 11.7 Å². The molecule has 2 amide bonds. The molecule has 0 aliphatic carbocycles. The number of anilines is 1. The molecule has 0 bridgehead atoms. The van der Waals surface area contributed by atoms with Crippen molar-refractivity contribution in [3.05, 3.63) is 58.1 Å². The van der Waals surface area contributed by atoms with E-state index in [2.05, 4.69) is 4.72 Å². The number of hydrogen-bond acceptors (Lipinski definition) is 4. The molecule has 7 nitrogen and oxygen atoms in total. The number of carbonyl (C=O) groups excluding carboxylic acids is 2. The van der Waals surface area contributed by atoms with Gasteiger partial charge in [0.15, 0.2) is 0 Å². The van der Waals surface area contributed by atoms with Gasteiger partial charge in [-0.25, -0.2) is 8.42 Å². The van der Waals surface area contributed by atoms with E-state index >= 15 is 0 Å². The molecule has 0 spiro atoms. The second-order valence-electron chi connectivity index (χ2n) is 7.52. The van der Waals surface area contributed by atoms with Crippen molar-refractivity contribution in [2.75, 3.05) is 17.8 Å². The number of rotatable bonds is 5. The van der Waals surface area contributed by atoms with Gasteiger partial charge in [-0.15, -0.1) is 0 Å². The Bertz CT molecular complexity index is 1090. The highest BCUT2D eigenvalue weighted by Crippen LogP contribution is 2.27. The summed E-state index contributed by atoms with van der Waals surface area (Å²) in [6.07, 6.45) is 0.988. The van der Waals surface area contributed by atoms with E-state index in [4.69, 9.17) is 17.3 Å². The van der Waals surface area contributed by atoms with Crippen LogP contribution in [0, 0.1) is 19.8 Å². The number of primary amides is 1. The van der Waals surface area contributed by atoms with E-state index in [1.165, 1.54) is 18.2 Å². The molecule has 0 radical (unpaired) electrons. The van der Waals surface area contributed by atoms with Crippen molar-refractivity contribution in [2.45, 2.75) is 31.6 Å². The molecule has 0 unspecified atom stereocenters. The fraction of sp³-hybridized carbons (Fsp3) is 0.333. The summed E-state index contributed by atoms with van der Waals surface area (Å²) in [5.41, 5.74) is 7.96. The zero-order chi connectivity index (χ0) is 22.1. The Morgan fingerprint density at radius 3 is 2.33 bits per heavy atom. The molecule has 2 aromatic rings. The molecule has 160 valence electrons. The van der Waals surface area contributed by atoms with Crippen LogP contribution in [0.4, 0.5) is 5.69 Å². The van der Waals surface area contributed by atoms with Gasteiger partial charge in [0.2, 0.25) is 5.91 Å². The molecule has 3 N–H and O–H groups in total. The van der Waals surface area contributed by atoms with Crippen LogP contribution in [0.25, 0.3) is 0 Å². The first-order chi connectivity index (χ1) is 14.1. The minimum Gasteiger partial charge on any atom is -0.369 e. The predicted molar refractivity (Wildman–Crippen MR) is 116 cm³/mol. The molecule has 0 saturated carbocycles. The maximum absolute atomic E-state index is 12.9. The summed E-state index contributed by atoms with van der Waals surface area (Å²) in [5, 5.41) is 0.0234. The van der Waals surface area contributed by atoms with E-state index < -0.39 is 10.0 Å². The van der Waals surface area contributed by atoms with E-state index in [9.17, 15) is 18.0 Å². The highest BCUT2D eigenvalue weighted by Gasteiger charge is 2.28. The second-order valence-corrected chi connectivity index (χ2v) is 9.58. The van der Waals surface area contributed by atoms with Crippen LogP contribution >= 0.6 is 11.6 Å². The SMILES string of the molecule is Cc1ccc(NS(=O)(=O)c2cc(C(=O)N3CCC(C(N)=O)CC3)ccc2Cl)cc1C. The van der Waals surface area contributed by atoms with E-state index in [1.807, 2.05) is 19.9 Å². The number of nitrogens with two attached hydrogens (primary N) is 1. The topological polar surface area (TPSA) is 110 Å². The monoisotopic (exact) mass is 449 g/mol. The third kappa shape index (κ3) is 4.76. The van der Waals surface area contributed by atoms with Gasteiger partial charge in [-0.2, -0.15) is 0 Å². The summed E-state index contributed by atoms with van der Waals surface area (Å²) in [6, 6.07) is 9.42. The van der Waals surface area contributed by atoms with Crippen molar-refractivity contribution in [3.63, 3.8) is 0 Å². The smallest absolute Gasteiger partial charge is 0.263 e. The van der Waals surface area contributed by atoms with Crippen LogP contribution in [0.3, 0.4) is 0 Å². The molecular formula is C21H24ClN3O4S. The normalized spacial score (nSPS) is 15.1.